The van der Waals surface area contributed by atoms with Gasteiger partial charge >= 0.3 is 0 Å². The molecule has 1 N–H and O–H groups in total. The molecule has 2 unspecified atom stereocenters. The number of ether oxygens (including phenoxy) is 2. The Labute approximate surface area is 222 Å². The fourth-order valence-corrected chi connectivity index (χ4v) is 5.36. The molecule has 0 aliphatic carbocycles. The Kier molecular flexibility index (Phi) is 7.85. The third-order valence-corrected chi connectivity index (χ3v) is 7.52. The summed E-state index contributed by atoms with van der Waals surface area (Å²) in [6, 6.07) is 14.1. The first-order chi connectivity index (χ1) is 18.5. The molecule has 4 aromatic rings. The van der Waals surface area contributed by atoms with Crippen LogP contribution in [0.5, 0.6) is 5.75 Å². The van der Waals surface area contributed by atoms with Crippen LogP contribution in [0.1, 0.15) is 60.3 Å². The highest BCUT2D eigenvalue weighted by Crippen LogP contribution is 2.28. The Morgan fingerprint density at radius 2 is 1.95 bits per heavy atom. The van der Waals surface area contributed by atoms with Crippen molar-refractivity contribution in [3.63, 3.8) is 0 Å². The molecule has 0 bridgehead atoms. The van der Waals surface area contributed by atoms with Crippen molar-refractivity contribution in [1.82, 2.24) is 30.1 Å². The summed E-state index contributed by atoms with van der Waals surface area (Å²) >= 11 is 0. The van der Waals surface area contributed by atoms with Gasteiger partial charge in [0.15, 0.2) is 5.82 Å². The number of hydrogen-bond acceptors (Lipinski definition) is 7. The maximum atomic E-state index is 13.3. The zero-order valence-corrected chi connectivity index (χ0v) is 22.6. The summed E-state index contributed by atoms with van der Waals surface area (Å²) in [5.74, 6) is 1.60. The van der Waals surface area contributed by atoms with E-state index in [0.717, 1.165) is 70.6 Å². The lowest BCUT2D eigenvalue weighted by atomic mass is 10.0. The lowest BCUT2D eigenvalue weighted by Gasteiger charge is -2.30. The summed E-state index contributed by atoms with van der Waals surface area (Å²) in [5, 5.41) is 13.9. The number of nitrogens with one attached hydrogen (secondary N) is 1. The smallest absolute Gasteiger partial charge is 0.252 e. The quantitative estimate of drug-likeness (QED) is 0.332. The first-order valence-electron chi connectivity index (χ1n) is 13.3. The first-order valence-corrected chi connectivity index (χ1v) is 13.3. The predicted octanol–water partition coefficient (Wildman–Crippen LogP) is 4.47. The molecule has 0 spiro atoms. The van der Waals surface area contributed by atoms with Gasteiger partial charge in [-0.2, -0.15) is 0 Å². The van der Waals surface area contributed by atoms with Crippen LogP contribution in [0.3, 0.4) is 0 Å². The highest BCUT2D eigenvalue weighted by Gasteiger charge is 2.28. The van der Waals surface area contributed by atoms with Crippen LogP contribution in [0, 0.1) is 13.8 Å². The molecular weight excluding hydrogens is 480 g/mol. The molecule has 1 saturated heterocycles. The van der Waals surface area contributed by atoms with Crippen molar-refractivity contribution < 1.29 is 9.47 Å². The summed E-state index contributed by atoms with van der Waals surface area (Å²) < 4.78 is 13.1. The molecule has 0 saturated carbocycles. The molecule has 9 nitrogen and oxygen atoms in total. The number of methoxy groups -OCH3 is 1. The number of H-pyrrole nitrogens is 1. The Morgan fingerprint density at radius 1 is 1.16 bits per heavy atom. The van der Waals surface area contributed by atoms with Gasteiger partial charge in [-0.1, -0.05) is 31.2 Å². The van der Waals surface area contributed by atoms with Crippen LogP contribution in [0.15, 0.2) is 47.3 Å². The number of hydrogen-bond donors (Lipinski definition) is 1. The molecule has 0 radical (unpaired) electrons. The van der Waals surface area contributed by atoms with E-state index < -0.39 is 0 Å². The van der Waals surface area contributed by atoms with E-state index in [0.29, 0.717) is 19.6 Å². The van der Waals surface area contributed by atoms with Crippen molar-refractivity contribution in [3.05, 3.63) is 80.9 Å². The Balaban J connectivity index is 1.52. The summed E-state index contributed by atoms with van der Waals surface area (Å²) in [7, 11) is 1.66. The van der Waals surface area contributed by atoms with Crippen LogP contribution in [-0.2, 0) is 24.4 Å². The third-order valence-electron chi connectivity index (χ3n) is 7.52. The molecule has 2 atom stereocenters. The normalized spacial score (nSPS) is 16.4. The van der Waals surface area contributed by atoms with Gasteiger partial charge in [0.05, 0.1) is 31.3 Å². The second kappa shape index (κ2) is 11.4. The highest BCUT2D eigenvalue weighted by molar-refractivity contribution is 5.85. The fourth-order valence-electron chi connectivity index (χ4n) is 5.36. The van der Waals surface area contributed by atoms with E-state index in [1.165, 1.54) is 0 Å². The molecule has 2 aromatic heterocycles. The van der Waals surface area contributed by atoms with Crippen LogP contribution in [0.25, 0.3) is 10.9 Å². The fraction of sp³-hybridized carbons (Fsp3) is 0.448. The maximum absolute atomic E-state index is 13.3. The van der Waals surface area contributed by atoms with E-state index in [-0.39, 0.29) is 17.7 Å². The van der Waals surface area contributed by atoms with Crippen molar-refractivity contribution >= 4 is 10.9 Å². The third kappa shape index (κ3) is 5.49. The highest BCUT2D eigenvalue weighted by atomic mass is 16.5. The second-order valence-electron chi connectivity index (χ2n) is 10.1. The molecule has 1 fully saturated rings. The average molecular weight is 517 g/mol. The van der Waals surface area contributed by atoms with E-state index in [1.807, 2.05) is 35.9 Å². The van der Waals surface area contributed by atoms with Crippen molar-refractivity contribution in [1.29, 1.82) is 0 Å². The molecule has 3 heterocycles. The largest absolute Gasteiger partial charge is 0.497 e. The van der Waals surface area contributed by atoms with Gasteiger partial charge in [0.25, 0.3) is 5.56 Å². The van der Waals surface area contributed by atoms with Crippen molar-refractivity contribution in [3.8, 4) is 5.75 Å². The van der Waals surface area contributed by atoms with E-state index >= 15 is 0 Å². The molecule has 5 rings (SSSR count). The van der Waals surface area contributed by atoms with Gasteiger partial charge in [0.1, 0.15) is 5.75 Å². The minimum atomic E-state index is -0.0952. The summed E-state index contributed by atoms with van der Waals surface area (Å²) in [6.45, 7) is 8.72. The average Bonchev–Trinajstić information content (AvgIpc) is 3.61. The number of fused-ring (bicyclic) bond motifs is 1. The Hall–Kier alpha value is -3.56. The lowest BCUT2D eigenvalue weighted by Crippen LogP contribution is -2.33. The van der Waals surface area contributed by atoms with Gasteiger partial charge in [-0.25, -0.2) is 4.68 Å². The van der Waals surface area contributed by atoms with Gasteiger partial charge in [0.2, 0.25) is 0 Å². The van der Waals surface area contributed by atoms with E-state index in [4.69, 9.17) is 9.47 Å². The minimum absolute atomic E-state index is 0.0697. The zero-order chi connectivity index (χ0) is 26.6. The monoisotopic (exact) mass is 516 g/mol. The molecule has 9 heteroatoms. The molecule has 1 aliphatic rings. The topological polar surface area (TPSA) is 98.2 Å². The summed E-state index contributed by atoms with van der Waals surface area (Å²) in [4.78, 5) is 18.7. The molecule has 38 heavy (non-hydrogen) atoms. The number of aromatic nitrogens is 5. The molecule has 0 amide bonds. The van der Waals surface area contributed by atoms with Crippen LogP contribution >= 0.6 is 0 Å². The van der Waals surface area contributed by atoms with Crippen LogP contribution in [0.4, 0.5) is 0 Å². The van der Waals surface area contributed by atoms with Gasteiger partial charge in [-0.15, -0.1) is 5.10 Å². The Bertz CT molecular complexity index is 1440. The SMILES string of the molecule is CCC(c1nnnn1CC1CCCO1)N(Cc1ccc(OC)cc1)Cc1cc2c(C)ccc(C)c2[nH]c1=O. The number of pyridine rings is 1. The summed E-state index contributed by atoms with van der Waals surface area (Å²) in [5.41, 5.74) is 4.86. The predicted molar refractivity (Wildman–Crippen MR) is 146 cm³/mol. The van der Waals surface area contributed by atoms with Gasteiger partial charge in [-0.05, 0) is 78.4 Å². The van der Waals surface area contributed by atoms with Crippen LogP contribution < -0.4 is 10.3 Å². The second-order valence-corrected chi connectivity index (χ2v) is 10.1. The van der Waals surface area contributed by atoms with Crippen molar-refractivity contribution in [2.45, 2.75) is 71.8 Å². The standard InChI is InChI=1S/C29H36N6O3/c1-5-26(28-31-32-33-35(28)18-24-7-6-14-38-24)34(16-21-10-12-23(37-4)13-11-21)17-22-15-25-19(2)8-9-20(3)27(25)30-29(22)36/h8-13,15,24,26H,5-7,14,16-18H2,1-4H3,(H,30,36). The van der Waals surface area contributed by atoms with Crippen molar-refractivity contribution in [2.24, 2.45) is 0 Å². The van der Waals surface area contributed by atoms with Gasteiger partial charge in [0, 0.05) is 30.6 Å². The van der Waals surface area contributed by atoms with E-state index in [9.17, 15) is 4.79 Å². The van der Waals surface area contributed by atoms with Crippen molar-refractivity contribution in [2.75, 3.05) is 13.7 Å². The zero-order valence-electron chi connectivity index (χ0n) is 22.6. The number of nitrogens with zero attached hydrogens (tertiary/aromatic N) is 5. The van der Waals surface area contributed by atoms with Gasteiger partial charge < -0.3 is 14.5 Å². The minimum Gasteiger partial charge on any atom is -0.497 e. The summed E-state index contributed by atoms with van der Waals surface area (Å²) in [6.07, 6.45) is 2.98. The molecular formula is C29H36N6O3. The first kappa shape index (κ1) is 26.1. The van der Waals surface area contributed by atoms with Crippen LogP contribution in [-0.4, -0.2) is 49.9 Å². The van der Waals surface area contributed by atoms with Gasteiger partial charge in [-0.3, -0.25) is 9.69 Å². The molecule has 2 aromatic carbocycles. The Morgan fingerprint density at radius 3 is 2.66 bits per heavy atom. The number of benzene rings is 2. The van der Waals surface area contributed by atoms with E-state index in [2.05, 4.69) is 57.5 Å². The number of rotatable bonds is 10. The maximum Gasteiger partial charge on any atom is 0.252 e. The number of aromatic amines is 1. The van der Waals surface area contributed by atoms with Crippen LogP contribution in [0.2, 0.25) is 0 Å². The molecule has 1 aliphatic heterocycles. The number of tetrazole rings is 1. The number of aryl methyl sites for hydroxylation is 2. The van der Waals surface area contributed by atoms with E-state index in [1.54, 1.807) is 7.11 Å². The molecule has 200 valence electrons. The lowest BCUT2D eigenvalue weighted by molar-refractivity contribution is 0.0888.